The third-order valence-corrected chi connectivity index (χ3v) is 6.17. The molecule has 1 aromatic heterocycles. The van der Waals surface area contributed by atoms with Crippen LogP contribution < -0.4 is 0 Å². The lowest BCUT2D eigenvalue weighted by Gasteiger charge is -2.32. The molecule has 2 rings (SSSR count). The highest BCUT2D eigenvalue weighted by atomic mass is 32.2. The molecule has 0 saturated carbocycles. The summed E-state index contributed by atoms with van der Waals surface area (Å²) < 4.78 is 30.6. The average molecular weight is 319 g/mol. The Morgan fingerprint density at radius 1 is 1.60 bits per heavy atom. The molecular formula is C12H17NO5S2. The number of ether oxygens (including phenoxy) is 1. The number of carbonyl (C=O) groups is 1. The molecule has 0 fully saturated rings. The minimum absolute atomic E-state index is 0.0932. The molecule has 2 heterocycles. The quantitative estimate of drug-likeness (QED) is 0.794. The summed E-state index contributed by atoms with van der Waals surface area (Å²) in [6, 6.07) is 0.604. The summed E-state index contributed by atoms with van der Waals surface area (Å²) in [4.78, 5) is 12.4. The van der Waals surface area contributed by atoms with E-state index in [1.807, 2.05) is 5.38 Å². The van der Waals surface area contributed by atoms with Crippen molar-refractivity contribution in [2.45, 2.75) is 18.9 Å². The van der Waals surface area contributed by atoms with Gasteiger partial charge in [0, 0.05) is 25.1 Å². The van der Waals surface area contributed by atoms with Crippen LogP contribution in [0.2, 0.25) is 0 Å². The van der Waals surface area contributed by atoms with Crippen LogP contribution in [-0.4, -0.2) is 49.8 Å². The van der Waals surface area contributed by atoms with Gasteiger partial charge in [0.2, 0.25) is 10.0 Å². The van der Waals surface area contributed by atoms with Crippen LogP contribution in [0.5, 0.6) is 0 Å². The summed E-state index contributed by atoms with van der Waals surface area (Å²) in [5, 5.41) is 11.2. The molecular weight excluding hydrogens is 302 g/mol. The van der Waals surface area contributed by atoms with E-state index in [0.717, 1.165) is 9.18 Å². The topological polar surface area (TPSA) is 83.9 Å². The van der Waals surface area contributed by atoms with E-state index in [1.165, 1.54) is 18.4 Å². The van der Waals surface area contributed by atoms with E-state index in [0.29, 0.717) is 25.0 Å². The summed E-state index contributed by atoms with van der Waals surface area (Å²) in [6.45, 7) is 0.564. The van der Waals surface area contributed by atoms with E-state index in [2.05, 4.69) is 0 Å². The Labute approximate surface area is 122 Å². The SMILES string of the molecule is COCCCS(=O)(=O)N1CCc2sccc2C1C(=O)O. The number of carboxylic acids is 1. The molecule has 1 N–H and O–H groups in total. The first-order valence-electron chi connectivity index (χ1n) is 6.25. The van der Waals surface area contributed by atoms with Gasteiger partial charge in [-0.1, -0.05) is 0 Å². The van der Waals surface area contributed by atoms with Crippen LogP contribution in [0, 0.1) is 0 Å². The first kappa shape index (κ1) is 15.4. The largest absolute Gasteiger partial charge is 0.480 e. The molecule has 0 saturated heterocycles. The third kappa shape index (κ3) is 3.03. The Morgan fingerprint density at radius 3 is 3.00 bits per heavy atom. The molecule has 0 bridgehead atoms. The zero-order valence-electron chi connectivity index (χ0n) is 11.1. The minimum Gasteiger partial charge on any atom is -0.480 e. The molecule has 8 heteroatoms. The highest BCUT2D eigenvalue weighted by Gasteiger charge is 2.40. The molecule has 0 aliphatic carbocycles. The van der Waals surface area contributed by atoms with Crippen molar-refractivity contribution in [3.8, 4) is 0 Å². The highest BCUT2D eigenvalue weighted by molar-refractivity contribution is 7.89. The molecule has 20 heavy (non-hydrogen) atoms. The summed E-state index contributed by atoms with van der Waals surface area (Å²) in [6.07, 6.45) is 0.929. The monoisotopic (exact) mass is 319 g/mol. The molecule has 0 amide bonds. The van der Waals surface area contributed by atoms with Crippen LogP contribution in [-0.2, 0) is 26.0 Å². The van der Waals surface area contributed by atoms with Crippen LogP contribution >= 0.6 is 11.3 Å². The Morgan fingerprint density at radius 2 is 2.35 bits per heavy atom. The molecule has 1 aromatic rings. The Hall–Kier alpha value is -0.960. The van der Waals surface area contributed by atoms with Gasteiger partial charge in [0.25, 0.3) is 0 Å². The normalized spacial score (nSPS) is 19.8. The second-order valence-electron chi connectivity index (χ2n) is 4.56. The van der Waals surface area contributed by atoms with Gasteiger partial charge in [0.15, 0.2) is 0 Å². The van der Waals surface area contributed by atoms with Crippen molar-refractivity contribution in [2.24, 2.45) is 0 Å². The van der Waals surface area contributed by atoms with Crippen molar-refractivity contribution in [1.82, 2.24) is 4.31 Å². The fraction of sp³-hybridized carbons (Fsp3) is 0.583. The molecule has 1 aliphatic rings. The number of methoxy groups -OCH3 is 1. The van der Waals surface area contributed by atoms with Crippen molar-refractivity contribution in [3.05, 3.63) is 21.9 Å². The number of hydrogen-bond acceptors (Lipinski definition) is 5. The van der Waals surface area contributed by atoms with Crippen molar-refractivity contribution < 1.29 is 23.1 Å². The van der Waals surface area contributed by atoms with E-state index in [1.54, 1.807) is 6.07 Å². The van der Waals surface area contributed by atoms with E-state index in [-0.39, 0.29) is 12.3 Å². The lowest BCUT2D eigenvalue weighted by molar-refractivity contribution is -0.142. The second kappa shape index (κ2) is 6.21. The number of thiophene rings is 1. The maximum atomic E-state index is 12.3. The van der Waals surface area contributed by atoms with E-state index < -0.39 is 22.0 Å². The van der Waals surface area contributed by atoms with Crippen molar-refractivity contribution >= 4 is 27.3 Å². The molecule has 1 aliphatic heterocycles. The van der Waals surface area contributed by atoms with Crippen LogP contribution in [0.15, 0.2) is 11.4 Å². The predicted molar refractivity (Wildman–Crippen MR) is 75.4 cm³/mol. The number of nitrogens with zero attached hydrogens (tertiary/aromatic N) is 1. The zero-order valence-corrected chi connectivity index (χ0v) is 12.7. The van der Waals surface area contributed by atoms with Gasteiger partial charge in [-0.25, -0.2) is 8.42 Å². The first-order chi connectivity index (χ1) is 9.47. The van der Waals surface area contributed by atoms with Gasteiger partial charge in [0.05, 0.1) is 5.75 Å². The summed E-state index contributed by atoms with van der Waals surface area (Å²) in [7, 11) is -2.09. The number of hydrogen-bond donors (Lipinski definition) is 1. The molecule has 1 atom stereocenters. The standard InChI is InChI=1S/C12H17NO5S2/c1-18-6-2-8-20(16,17)13-5-3-10-9(4-7-19-10)11(13)12(14)15/h4,7,11H,2-3,5-6,8H2,1H3,(H,14,15). The number of rotatable bonds is 6. The van der Waals surface area contributed by atoms with Crippen molar-refractivity contribution in [2.75, 3.05) is 26.0 Å². The summed E-state index contributed by atoms with van der Waals surface area (Å²) in [5.41, 5.74) is 0.601. The van der Waals surface area contributed by atoms with E-state index in [4.69, 9.17) is 4.74 Å². The van der Waals surface area contributed by atoms with Gasteiger partial charge in [-0.05, 0) is 29.9 Å². The lowest BCUT2D eigenvalue weighted by atomic mass is 10.0. The number of fused-ring (bicyclic) bond motifs is 1. The number of sulfonamides is 1. The molecule has 0 radical (unpaired) electrons. The lowest BCUT2D eigenvalue weighted by Crippen LogP contribution is -2.44. The van der Waals surface area contributed by atoms with Gasteiger partial charge in [-0.2, -0.15) is 4.31 Å². The minimum atomic E-state index is -3.59. The second-order valence-corrected chi connectivity index (χ2v) is 7.60. The van der Waals surface area contributed by atoms with Crippen LogP contribution in [0.25, 0.3) is 0 Å². The maximum Gasteiger partial charge on any atom is 0.326 e. The Balaban J connectivity index is 2.25. The van der Waals surface area contributed by atoms with Crippen molar-refractivity contribution in [1.29, 1.82) is 0 Å². The Bertz CT molecular complexity index is 580. The molecule has 0 spiro atoms. The molecule has 112 valence electrons. The van der Waals surface area contributed by atoms with E-state index >= 15 is 0 Å². The third-order valence-electron chi connectivity index (χ3n) is 3.26. The number of aliphatic carboxylic acids is 1. The number of carboxylic acid groups (broad SMARTS) is 1. The molecule has 0 aromatic carbocycles. The van der Waals surface area contributed by atoms with Gasteiger partial charge in [0.1, 0.15) is 6.04 Å². The smallest absolute Gasteiger partial charge is 0.326 e. The summed E-state index contributed by atoms with van der Waals surface area (Å²) >= 11 is 1.48. The molecule has 6 nitrogen and oxygen atoms in total. The van der Waals surface area contributed by atoms with E-state index in [9.17, 15) is 18.3 Å². The maximum absolute atomic E-state index is 12.3. The zero-order chi connectivity index (χ0) is 14.8. The van der Waals surface area contributed by atoms with Gasteiger partial charge < -0.3 is 9.84 Å². The van der Waals surface area contributed by atoms with Gasteiger partial charge in [-0.3, -0.25) is 4.79 Å². The fourth-order valence-corrected chi connectivity index (χ4v) is 4.87. The fourth-order valence-electron chi connectivity index (χ4n) is 2.35. The summed E-state index contributed by atoms with van der Waals surface area (Å²) in [5.74, 6) is -1.22. The van der Waals surface area contributed by atoms with Gasteiger partial charge in [-0.15, -0.1) is 11.3 Å². The Kier molecular flexibility index (Phi) is 4.79. The molecule has 1 unspecified atom stereocenters. The predicted octanol–water partition coefficient (Wildman–Crippen LogP) is 1.10. The van der Waals surface area contributed by atoms with Crippen LogP contribution in [0.4, 0.5) is 0 Å². The average Bonchev–Trinajstić information content (AvgIpc) is 2.85. The highest BCUT2D eigenvalue weighted by Crippen LogP contribution is 2.35. The van der Waals surface area contributed by atoms with Crippen LogP contribution in [0.3, 0.4) is 0 Å². The van der Waals surface area contributed by atoms with Gasteiger partial charge >= 0.3 is 5.97 Å². The first-order valence-corrected chi connectivity index (χ1v) is 8.74. The van der Waals surface area contributed by atoms with Crippen LogP contribution in [0.1, 0.15) is 22.9 Å². The van der Waals surface area contributed by atoms with Crippen molar-refractivity contribution in [3.63, 3.8) is 0 Å².